The normalized spacial score (nSPS) is 17.8. The Morgan fingerprint density at radius 1 is 1.18 bits per heavy atom. The predicted octanol–water partition coefficient (Wildman–Crippen LogP) is 4.22. The molecule has 3 rings (SSSR count). The summed E-state index contributed by atoms with van der Waals surface area (Å²) in [6.07, 6.45) is -2.48. The third-order valence-corrected chi connectivity index (χ3v) is 6.50. The molecule has 1 aliphatic rings. The van der Waals surface area contributed by atoms with Crippen molar-refractivity contribution < 1.29 is 30.8 Å². The summed E-state index contributed by atoms with van der Waals surface area (Å²) < 4.78 is 79.3. The van der Waals surface area contributed by atoms with Gasteiger partial charge in [-0.15, -0.1) is 0 Å². The zero-order chi connectivity index (χ0) is 20.7. The fourth-order valence-corrected chi connectivity index (χ4v) is 4.75. The minimum Gasteiger partial charge on any atom is -0.295 e. The first-order chi connectivity index (χ1) is 13.0. The number of benzene rings is 1. The molecule has 0 spiro atoms. The SMILES string of the molecule is O=C1C=CN(S(=O)(=O)c2ccc(C(F)(F)F)nc2)C(c2c(F)cccc2Br)C1. The third kappa shape index (κ3) is 3.81. The summed E-state index contributed by atoms with van der Waals surface area (Å²) in [6, 6.07) is 4.12. The van der Waals surface area contributed by atoms with Crippen LogP contribution in [0, 0.1) is 5.82 Å². The molecule has 0 amide bonds. The summed E-state index contributed by atoms with van der Waals surface area (Å²) in [5, 5.41) is 0. The number of allylic oxidation sites excluding steroid dienone is 1. The standard InChI is InChI=1S/C17H11BrF4N2O3S/c18-12-2-1-3-13(19)16(12)14-8-10(25)6-7-24(14)28(26,27)11-4-5-15(23-9-11)17(20,21)22/h1-7,9,14H,8H2. The lowest BCUT2D eigenvalue weighted by Gasteiger charge is -2.32. The monoisotopic (exact) mass is 478 g/mol. The van der Waals surface area contributed by atoms with Crippen molar-refractivity contribution in [1.29, 1.82) is 0 Å². The highest BCUT2D eigenvalue weighted by Gasteiger charge is 2.37. The van der Waals surface area contributed by atoms with Gasteiger partial charge in [-0.25, -0.2) is 12.8 Å². The van der Waals surface area contributed by atoms with E-state index in [1.54, 1.807) is 0 Å². The van der Waals surface area contributed by atoms with Gasteiger partial charge >= 0.3 is 6.18 Å². The molecule has 1 aromatic carbocycles. The molecule has 0 saturated heterocycles. The van der Waals surface area contributed by atoms with Crippen molar-refractivity contribution in [2.24, 2.45) is 0 Å². The van der Waals surface area contributed by atoms with Gasteiger partial charge in [-0.3, -0.25) is 14.1 Å². The van der Waals surface area contributed by atoms with Crippen LogP contribution in [0.15, 0.2) is 58.2 Å². The third-order valence-electron chi connectivity index (χ3n) is 4.04. The second-order valence-corrected chi connectivity index (χ2v) is 8.55. The number of alkyl halides is 3. The van der Waals surface area contributed by atoms with Crippen LogP contribution < -0.4 is 0 Å². The van der Waals surface area contributed by atoms with Crippen LogP contribution >= 0.6 is 15.9 Å². The summed E-state index contributed by atoms with van der Waals surface area (Å²) in [6.45, 7) is 0. The molecule has 1 atom stereocenters. The van der Waals surface area contributed by atoms with Crippen LogP contribution in [0.5, 0.6) is 0 Å². The molecule has 1 aliphatic heterocycles. The maximum Gasteiger partial charge on any atom is 0.433 e. The summed E-state index contributed by atoms with van der Waals surface area (Å²) >= 11 is 3.15. The van der Waals surface area contributed by atoms with Crippen molar-refractivity contribution in [1.82, 2.24) is 9.29 Å². The van der Waals surface area contributed by atoms with E-state index in [2.05, 4.69) is 20.9 Å². The van der Waals surface area contributed by atoms with E-state index in [1.807, 2.05) is 0 Å². The number of rotatable bonds is 3. The molecule has 2 heterocycles. The second-order valence-electron chi connectivity index (χ2n) is 5.85. The Morgan fingerprint density at radius 2 is 1.89 bits per heavy atom. The van der Waals surface area contributed by atoms with Crippen LogP contribution in [-0.4, -0.2) is 23.5 Å². The minimum absolute atomic E-state index is 0.0522. The molecule has 0 saturated carbocycles. The van der Waals surface area contributed by atoms with E-state index in [0.29, 0.717) is 12.3 Å². The molecule has 0 aliphatic carbocycles. The second kappa shape index (κ2) is 7.28. The van der Waals surface area contributed by atoms with Crippen molar-refractivity contribution in [3.63, 3.8) is 0 Å². The molecule has 5 nitrogen and oxygen atoms in total. The Labute approximate surface area is 165 Å². The number of hydrogen-bond acceptors (Lipinski definition) is 4. The lowest BCUT2D eigenvalue weighted by Crippen LogP contribution is -2.35. The van der Waals surface area contributed by atoms with Crippen LogP contribution in [0.2, 0.25) is 0 Å². The number of sulfonamides is 1. The van der Waals surface area contributed by atoms with Gasteiger partial charge in [-0.2, -0.15) is 13.2 Å². The topological polar surface area (TPSA) is 67.3 Å². The summed E-state index contributed by atoms with van der Waals surface area (Å²) in [5.74, 6) is -1.15. The van der Waals surface area contributed by atoms with Crippen molar-refractivity contribution in [2.75, 3.05) is 0 Å². The quantitative estimate of drug-likeness (QED) is 0.619. The average Bonchev–Trinajstić information content (AvgIpc) is 2.61. The number of nitrogens with zero attached hydrogens (tertiary/aromatic N) is 2. The number of halogens is 5. The molecule has 28 heavy (non-hydrogen) atoms. The van der Waals surface area contributed by atoms with Crippen LogP contribution in [-0.2, 0) is 21.0 Å². The van der Waals surface area contributed by atoms with E-state index in [-0.39, 0.29) is 16.5 Å². The number of ketones is 1. The molecule has 0 radical (unpaired) electrons. The first-order valence-corrected chi connectivity index (χ1v) is 9.97. The van der Waals surface area contributed by atoms with E-state index >= 15 is 0 Å². The maximum absolute atomic E-state index is 14.4. The molecule has 1 aromatic heterocycles. The lowest BCUT2D eigenvalue weighted by molar-refractivity contribution is -0.141. The van der Waals surface area contributed by atoms with E-state index < -0.39 is 44.4 Å². The maximum atomic E-state index is 14.4. The number of carbonyl (C=O) groups is 1. The van der Waals surface area contributed by atoms with Gasteiger partial charge in [-0.1, -0.05) is 22.0 Å². The van der Waals surface area contributed by atoms with Crippen LogP contribution in [0.3, 0.4) is 0 Å². The number of pyridine rings is 1. The van der Waals surface area contributed by atoms with Gasteiger partial charge in [-0.05, 0) is 30.3 Å². The van der Waals surface area contributed by atoms with Gasteiger partial charge in [0.2, 0.25) is 0 Å². The molecule has 1 unspecified atom stereocenters. The van der Waals surface area contributed by atoms with Gasteiger partial charge in [0.05, 0.1) is 6.04 Å². The molecular formula is C17H11BrF4N2O3S. The highest BCUT2D eigenvalue weighted by molar-refractivity contribution is 9.10. The fraction of sp³-hybridized carbons (Fsp3) is 0.176. The van der Waals surface area contributed by atoms with Gasteiger partial charge in [0, 0.05) is 28.9 Å². The average molecular weight is 479 g/mol. The van der Waals surface area contributed by atoms with Crippen molar-refractivity contribution in [2.45, 2.75) is 23.5 Å². The summed E-state index contributed by atoms with van der Waals surface area (Å²) in [5.41, 5.74) is -1.30. The highest BCUT2D eigenvalue weighted by atomic mass is 79.9. The van der Waals surface area contributed by atoms with E-state index in [1.165, 1.54) is 12.1 Å². The van der Waals surface area contributed by atoms with E-state index in [9.17, 15) is 30.8 Å². The minimum atomic E-state index is -4.72. The van der Waals surface area contributed by atoms with Crippen molar-refractivity contribution >= 4 is 31.7 Å². The van der Waals surface area contributed by atoms with Crippen LogP contribution in [0.4, 0.5) is 17.6 Å². The zero-order valence-corrected chi connectivity index (χ0v) is 16.2. The summed E-state index contributed by atoms with van der Waals surface area (Å²) in [7, 11) is -4.40. The van der Waals surface area contributed by atoms with Crippen LogP contribution in [0.25, 0.3) is 0 Å². The summed E-state index contributed by atoms with van der Waals surface area (Å²) in [4.78, 5) is 14.5. The Bertz CT molecular complexity index is 1030. The molecule has 2 aromatic rings. The molecule has 11 heteroatoms. The van der Waals surface area contributed by atoms with E-state index in [4.69, 9.17) is 0 Å². The highest BCUT2D eigenvalue weighted by Crippen LogP contribution is 2.38. The Kier molecular flexibility index (Phi) is 5.32. The lowest BCUT2D eigenvalue weighted by atomic mass is 9.99. The predicted molar refractivity (Wildman–Crippen MR) is 93.9 cm³/mol. The fourth-order valence-electron chi connectivity index (χ4n) is 2.74. The van der Waals surface area contributed by atoms with Crippen molar-refractivity contribution in [3.05, 3.63) is 70.4 Å². The molecule has 0 N–H and O–H groups in total. The van der Waals surface area contributed by atoms with Gasteiger partial charge in [0.25, 0.3) is 10.0 Å². The van der Waals surface area contributed by atoms with Gasteiger partial charge in [0.15, 0.2) is 5.78 Å². The van der Waals surface area contributed by atoms with Crippen LogP contribution in [0.1, 0.15) is 23.7 Å². The Morgan fingerprint density at radius 3 is 2.46 bits per heavy atom. The molecule has 0 fully saturated rings. The first-order valence-electron chi connectivity index (χ1n) is 7.73. The zero-order valence-electron chi connectivity index (χ0n) is 13.8. The first kappa shape index (κ1) is 20.5. The van der Waals surface area contributed by atoms with Gasteiger partial charge in [0.1, 0.15) is 16.4 Å². The number of carbonyl (C=O) groups excluding carboxylic acids is 1. The Balaban J connectivity index is 2.08. The number of aromatic nitrogens is 1. The van der Waals surface area contributed by atoms with E-state index in [0.717, 1.165) is 28.7 Å². The Hall–Kier alpha value is -2.27. The molecule has 0 bridgehead atoms. The smallest absolute Gasteiger partial charge is 0.295 e. The van der Waals surface area contributed by atoms with Crippen molar-refractivity contribution in [3.8, 4) is 0 Å². The molecule has 148 valence electrons. The van der Waals surface area contributed by atoms with Gasteiger partial charge < -0.3 is 0 Å². The molecular weight excluding hydrogens is 468 g/mol. The largest absolute Gasteiger partial charge is 0.433 e. The number of hydrogen-bond donors (Lipinski definition) is 0.